The van der Waals surface area contributed by atoms with Crippen LogP contribution in [0.15, 0.2) is 41.5 Å². The van der Waals surface area contributed by atoms with Gasteiger partial charge in [-0.05, 0) is 23.8 Å². The molecule has 0 amide bonds. The fraction of sp³-hybridized carbons (Fsp3) is 0.0714. The molecular formula is C14H11N3O3. The molecule has 0 saturated carbocycles. The van der Waals surface area contributed by atoms with Crippen molar-refractivity contribution in [2.24, 2.45) is 0 Å². The summed E-state index contributed by atoms with van der Waals surface area (Å²) in [6.45, 7) is 0. The van der Waals surface area contributed by atoms with E-state index in [2.05, 4.69) is 19.7 Å². The third kappa shape index (κ3) is 1.97. The van der Waals surface area contributed by atoms with E-state index in [1.54, 1.807) is 30.3 Å². The Morgan fingerprint density at radius 3 is 2.65 bits per heavy atom. The van der Waals surface area contributed by atoms with Crippen molar-refractivity contribution >= 4 is 17.0 Å². The molecule has 0 bridgehead atoms. The fourth-order valence-electron chi connectivity index (χ4n) is 2.02. The molecule has 1 aromatic carbocycles. The number of esters is 1. The number of methoxy groups -OCH3 is 1. The smallest absolute Gasteiger partial charge is 0.337 e. The molecule has 6 nitrogen and oxygen atoms in total. The monoisotopic (exact) mass is 269 g/mol. The summed E-state index contributed by atoms with van der Waals surface area (Å²) in [4.78, 5) is 32.6. The Morgan fingerprint density at radius 1 is 1.25 bits per heavy atom. The van der Waals surface area contributed by atoms with Crippen molar-refractivity contribution in [2.45, 2.75) is 0 Å². The predicted molar refractivity (Wildman–Crippen MR) is 73.5 cm³/mol. The van der Waals surface area contributed by atoms with Gasteiger partial charge in [0.25, 0.3) is 5.56 Å². The Bertz CT molecular complexity index is 831. The zero-order chi connectivity index (χ0) is 14.1. The van der Waals surface area contributed by atoms with Gasteiger partial charge in [0.15, 0.2) is 0 Å². The molecule has 3 rings (SSSR count). The molecule has 6 heteroatoms. The molecule has 100 valence electrons. The molecule has 0 aliphatic heterocycles. The van der Waals surface area contributed by atoms with Crippen LogP contribution in [0.25, 0.3) is 22.3 Å². The molecule has 0 unspecified atom stereocenters. The Labute approximate surface area is 113 Å². The van der Waals surface area contributed by atoms with Crippen LogP contribution in [0.1, 0.15) is 10.4 Å². The minimum absolute atomic E-state index is 0.285. The molecule has 2 N–H and O–H groups in total. The second kappa shape index (κ2) is 4.65. The van der Waals surface area contributed by atoms with E-state index >= 15 is 0 Å². The van der Waals surface area contributed by atoms with Gasteiger partial charge in [-0.25, -0.2) is 4.79 Å². The first-order valence-corrected chi connectivity index (χ1v) is 5.94. The highest BCUT2D eigenvalue weighted by atomic mass is 16.5. The summed E-state index contributed by atoms with van der Waals surface area (Å²) in [5.74, 6) is -0.382. The van der Waals surface area contributed by atoms with Crippen molar-refractivity contribution in [1.29, 1.82) is 0 Å². The van der Waals surface area contributed by atoms with Crippen molar-refractivity contribution in [3.8, 4) is 11.3 Å². The van der Waals surface area contributed by atoms with E-state index in [1.165, 1.54) is 13.4 Å². The quantitative estimate of drug-likeness (QED) is 0.693. The summed E-state index contributed by atoms with van der Waals surface area (Å²) in [6, 6.07) is 8.65. The number of nitrogens with one attached hydrogen (secondary N) is 2. The van der Waals surface area contributed by atoms with Crippen molar-refractivity contribution in [3.63, 3.8) is 0 Å². The van der Waals surface area contributed by atoms with E-state index in [0.29, 0.717) is 16.6 Å². The van der Waals surface area contributed by atoms with Gasteiger partial charge in [0, 0.05) is 5.69 Å². The number of aromatic nitrogens is 3. The van der Waals surface area contributed by atoms with Gasteiger partial charge in [-0.2, -0.15) is 4.98 Å². The third-order valence-electron chi connectivity index (χ3n) is 3.06. The summed E-state index contributed by atoms with van der Waals surface area (Å²) in [6.07, 6.45) is 1.35. The van der Waals surface area contributed by atoms with Gasteiger partial charge in [0.05, 0.1) is 24.4 Å². The first kappa shape index (κ1) is 12.2. The van der Waals surface area contributed by atoms with Crippen LogP contribution in [0, 0.1) is 0 Å². The van der Waals surface area contributed by atoms with Crippen LogP contribution in [-0.2, 0) is 4.74 Å². The average Bonchev–Trinajstić information content (AvgIpc) is 2.92. The first-order valence-electron chi connectivity index (χ1n) is 5.94. The first-order chi connectivity index (χ1) is 9.69. The van der Waals surface area contributed by atoms with Crippen LogP contribution in [0.3, 0.4) is 0 Å². The maximum atomic E-state index is 11.6. The molecule has 2 heterocycles. The third-order valence-corrected chi connectivity index (χ3v) is 3.06. The van der Waals surface area contributed by atoms with Crippen molar-refractivity contribution in [3.05, 3.63) is 52.6 Å². The van der Waals surface area contributed by atoms with Gasteiger partial charge in [0.1, 0.15) is 5.65 Å². The van der Waals surface area contributed by atoms with Crippen LogP contribution in [0.4, 0.5) is 0 Å². The van der Waals surface area contributed by atoms with Gasteiger partial charge in [-0.1, -0.05) is 12.1 Å². The van der Waals surface area contributed by atoms with Gasteiger partial charge in [0.2, 0.25) is 0 Å². The summed E-state index contributed by atoms with van der Waals surface area (Å²) >= 11 is 0. The number of nitrogens with zero attached hydrogens (tertiary/aromatic N) is 1. The van der Waals surface area contributed by atoms with E-state index < -0.39 is 0 Å². The summed E-state index contributed by atoms with van der Waals surface area (Å²) in [5.41, 5.74) is 2.45. The minimum atomic E-state index is -0.382. The van der Waals surface area contributed by atoms with Crippen LogP contribution in [-0.4, -0.2) is 28.0 Å². The molecule has 0 radical (unpaired) electrons. The number of rotatable bonds is 2. The highest BCUT2D eigenvalue weighted by Gasteiger charge is 2.08. The Morgan fingerprint density at radius 2 is 2.00 bits per heavy atom. The normalized spacial score (nSPS) is 10.7. The molecule has 0 fully saturated rings. The number of fused-ring (bicyclic) bond motifs is 1. The number of ether oxygens (including phenoxy) is 1. The zero-order valence-corrected chi connectivity index (χ0v) is 10.6. The number of H-pyrrole nitrogens is 2. The zero-order valence-electron chi connectivity index (χ0n) is 10.6. The number of aromatic amines is 2. The van der Waals surface area contributed by atoms with Gasteiger partial charge in [-0.15, -0.1) is 0 Å². The highest BCUT2D eigenvalue weighted by Crippen LogP contribution is 2.21. The number of carbonyl (C=O) groups is 1. The van der Waals surface area contributed by atoms with Crippen LogP contribution < -0.4 is 5.56 Å². The standard InChI is InChI=1S/C14H11N3O3/c1-20-14(19)9-4-2-8(3-5-9)11-6-10-12(17-11)15-7-16-13(10)18/h2-7H,1H3,(H2,15,16,17,18). The lowest BCUT2D eigenvalue weighted by Crippen LogP contribution is -2.04. The summed E-state index contributed by atoms with van der Waals surface area (Å²) in [5, 5.41) is 0.500. The largest absolute Gasteiger partial charge is 0.465 e. The molecular weight excluding hydrogens is 258 g/mol. The number of carbonyl (C=O) groups excluding carboxylic acids is 1. The van der Waals surface area contributed by atoms with E-state index in [1.807, 2.05) is 0 Å². The molecule has 20 heavy (non-hydrogen) atoms. The molecule has 0 spiro atoms. The maximum Gasteiger partial charge on any atom is 0.337 e. The van der Waals surface area contributed by atoms with Crippen LogP contribution in [0.5, 0.6) is 0 Å². The van der Waals surface area contributed by atoms with Crippen molar-refractivity contribution in [1.82, 2.24) is 15.0 Å². The second-order valence-corrected chi connectivity index (χ2v) is 4.25. The van der Waals surface area contributed by atoms with Gasteiger partial charge in [-0.3, -0.25) is 4.79 Å². The molecule has 0 saturated heterocycles. The number of hydrogen-bond acceptors (Lipinski definition) is 4. The van der Waals surface area contributed by atoms with E-state index in [-0.39, 0.29) is 11.5 Å². The van der Waals surface area contributed by atoms with E-state index in [9.17, 15) is 9.59 Å². The van der Waals surface area contributed by atoms with Gasteiger partial charge < -0.3 is 14.7 Å². The Hall–Kier alpha value is -2.89. The predicted octanol–water partition coefficient (Wildman–Crippen LogP) is 1.70. The fourth-order valence-corrected chi connectivity index (χ4v) is 2.02. The molecule has 2 aromatic heterocycles. The summed E-state index contributed by atoms with van der Waals surface area (Å²) < 4.78 is 4.64. The van der Waals surface area contributed by atoms with E-state index in [4.69, 9.17) is 0 Å². The lowest BCUT2D eigenvalue weighted by molar-refractivity contribution is 0.0601. The average molecular weight is 269 g/mol. The van der Waals surface area contributed by atoms with Crippen molar-refractivity contribution in [2.75, 3.05) is 7.11 Å². The Balaban J connectivity index is 2.05. The molecule has 0 aliphatic carbocycles. The number of benzene rings is 1. The molecule has 3 aromatic rings. The summed E-state index contributed by atoms with van der Waals surface area (Å²) in [7, 11) is 1.34. The topological polar surface area (TPSA) is 87.8 Å². The lowest BCUT2D eigenvalue weighted by Gasteiger charge is -2.01. The second-order valence-electron chi connectivity index (χ2n) is 4.25. The Kier molecular flexibility index (Phi) is 2.83. The maximum absolute atomic E-state index is 11.6. The SMILES string of the molecule is COC(=O)c1ccc(-c2cc3c(=O)nc[nH]c3[nH]2)cc1. The van der Waals surface area contributed by atoms with Gasteiger partial charge >= 0.3 is 5.97 Å². The highest BCUT2D eigenvalue weighted by molar-refractivity contribution is 5.90. The van der Waals surface area contributed by atoms with Crippen molar-refractivity contribution < 1.29 is 9.53 Å². The van der Waals surface area contributed by atoms with E-state index in [0.717, 1.165) is 11.3 Å². The minimum Gasteiger partial charge on any atom is -0.465 e. The van der Waals surface area contributed by atoms with Crippen LogP contribution in [0.2, 0.25) is 0 Å². The lowest BCUT2D eigenvalue weighted by atomic mass is 10.1. The number of hydrogen-bond donors (Lipinski definition) is 2. The van der Waals surface area contributed by atoms with Crippen LogP contribution >= 0.6 is 0 Å². The molecule has 0 atom stereocenters. The molecule has 0 aliphatic rings.